The molecule has 0 bridgehead atoms. The van der Waals surface area contributed by atoms with Crippen molar-refractivity contribution in [3.05, 3.63) is 34.9 Å². The van der Waals surface area contributed by atoms with E-state index in [2.05, 4.69) is 6.07 Å². The Bertz CT molecular complexity index is 540. The third kappa shape index (κ3) is 4.32. The van der Waals surface area contributed by atoms with Crippen molar-refractivity contribution in [2.75, 3.05) is 5.75 Å². The van der Waals surface area contributed by atoms with E-state index >= 15 is 0 Å². The first-order valence-corrected chi connectivity index (χ1v) is 9.21. The van der Waals surface area contributed by atoms with Gasteiger partial charge in [-0.25, -0.2) is 8.42 Å². The van der Waals surface area contributed by atoms with E-state index in [1.807, 2.05) is 26.0 Å². The van der Waals surface area contributed by atoms with Crippen molar-refractivity contribution in [2.45, 2.75) is 51.3 Å². The lowest BCUT2D eigenvalue weighted by molar-refractivity contribution is 0.454. The molecule has 112 valence electrons. The number of hydrogen-bond acceptors (Lipinski definition) is 3. The van der Waals surface area contributed by atoms with Gasteiger partial charge >= 0.3 is 0 Å². The molecule has 1 aromatic carbocycles. The maximum atomic E-state index is 12.3. The lowest BCUT2D eigenvalue weighted by Gasteiger charge is -2.18. The Morgan fingerprint density at radius 1 is 1.15 bits per heavy atom. The van der Waals surface area contributed by atoms with Crippen molar-refractivity contribution >= 4 is 9.84 Å². The Morgan fingerprint density at radius 2 is 1.70 bits per heavy atom. The standard InChI is InChI=1S/C16H25NO2S/c1-12-7-13(2)9-14(8-12)10-20(18,19)11-16(17)15-5-3-4-6-15/h7-9,15-16H,3-6,10-11,17H2,1-2H3. The summed E-state index contributed by atoms with van der Waals surface area (Å²) < 4.78 is 24.6. The van der Waals surface area contributed by atoms with E-state index in [0.717, 1.165) is 29.5 Å². The number of rotatable bonds is 5. The summed E-state index contributed by atoms with van der Waals surface area (Å²) in [6.07, 6.45) is 4.55. The highest BCUT2D eigenvalue weighted by atomic mass is 32.2. The summed E-state index contributed by atoms with van der Waals surface area (Å²) in [6, 6.07) is 5.76. The molecule has 1 fully saturated rings. The molecule has 4 heteroatoms. The number of sulfone groups is 1. The summed E-state index contributed by atoms with van der Waals surface area (Å²) in [6.45, 7) is 3.99. The minimum atomic E-state index is -3.13. The Balaban J connectivity index is 2.02. The first-order valence-electron chi connectivity index (χ1n) is 7.39. The highest BCUT2D eigenvalue weighted by Gasteiger charge is 2.26. The van der Waals surface area contributed by atoms with Crippen molar-refractivity contribution in [1.29, 1.82) is 0 Å². The zero-order chi connectivity index (χ0) is 14.8. The molecule has 1 aliphatic rings. The van der Waals surface area contributed by atoms with Crippen molar-refractivity contribution in [3.63, 3.8) is 0 Å². The number of aryl methyl sites for hydroxylation is 2. The van der Waals surface area contributed by atoms with Crippen LogP contribution in [-0.2, 0) is 15.6 Å². The highest BCUT2D eigenvalue weighted by Crippen LogP contribution is 2.27. The molecule has 0 aliphatic heterocycles. The summed E-state index contributed by atoms with van der Waals surface area (Å²) in [5.74, 6) is 0.615. The van der Waals surface area contributed by atoms with Crippen LogP contribution >= 0.6 is 0 Å². The summed E-state index contributed by atoms with van der Waals surface area (Å²) in [7, 11) is -3.13. The van der Waals surface area contributed by atoms with Gasteiger partial charge in [0.05, 0.1) is 11.5 Å². The second-order valence-electron chi connectivity index (χ2n) is 6.26. The normalized spacial score (nSPS) is 18.4. The van der Waals surface area contributed by atoms with Crippen LogP contribution in [0, 0.1) is 19.8 Å². The molecule has 1 aliphatic carbocycles. The molecule has 0 radical (unpaired) electrons. The van der Waals surface area contributed by atoms with Crippen molar-refractivity contribution in [3.8, 4) is 0 Å². The molecule has 0 saturated heterocycles. The molecule has 1 saturated carbocycles. The monoisotopic (exact) mass is 295 g/mol. The SMILES string of the molecule is Cc1cc(C)cc(CS(=O)(=O)CC(N)C2CCCC2)c1. The molecule has 2 rings (SSSR count). The fraction of sp³-hybridized carbons (Fsp3) is 0.625. The maximum absolute atomic E-state index is 12.3. The third-order valence-electron chi connectivity index (χ3n) is 4.12. The lowest BCUT2D eigenvalue weighted by Crippen LogP contribution is -2.36. The molecule has 0 heterocycles. The molecule has 0 aromatic heterocycles. The molecule has 1 atom stereocenters. The van der Waals surface area contributed by atoms with Crippen LogP contribution in [0.25, 0.3) is 0 Å². The topological polar surface area (TPSA) is 60.2 Å². The summed E-state index contributed by atoms with van der Waals surface area (Å²) in [5.41, 5.74) is 9.19. The van der Waals surface area contributed by atoms with E-state index in [9.17, 15) is 8.42 Å². The molecular weight excluding hydrogens is 270 g/mol. The second kappa shape index (κ2) is 6.27. The molecule has 0 spiro atoms. The van der Waals surface area contributed by atoms with Gasteiger partial charge in [0.25, 0.3) is 0 Å². The number of nitrogens with two attached hydrogens (primary N) is 1. The van der Waals surface area contributed by atoms with Crippen LogP contribution in [0.4, 0.5) is 0 Å². The minimum Gasteiger partial charge on any atom is -0.327 e. The fourth-order valence-electron chi connectivity index (χ4n) is 3.28. The Hall–Kier alpha value is -0.870. The van der Waals surface area contributed by atoms with Gasteiger partial charge in [-0.05, 0) is 38.2 Å². The average molecular weight is 295 g/mol. The predicted octanol–water partition coefficient (Wildman–Crippen LogP) is 2.74. The first-order chi connectivity index (χ1) is 9.35. The van der Waals surface area contributed by atoms with Crippen LogP contribution < -0.4 is 5.73 Å². The summed E-state index contributed by atoms with van der Waals surface area (Å²) >= 11 is 0. The number of hydrogen-bond donors (Lipinski definition) is 1. The zero-order valence-electron chi connectivity index (χ0n) is 12.4. The molecule has 20 heavy (non-hydrogen) atoms. The second-order valence-corrected chi connectivity index (χ2v) is 8.37. The molecule has 1 aromatic rings. The molecule has 2 N–H and O–H groups in total. The smallest absolute Gasteiger partial charge is 0.155 e. The van der Waals surface area contributed by atoms with E-state index in [-0.39, 0.29) is 17.5 Å². The van der Waals surface area contributed by atoms with Gasteiger partial charge in [-0.1, -0.05) is 42.2 Å². The molecule has 3 nitrogen and oxygen atoms in total. The fourth-order valence-corrected chi connectivity index (χ4v) is 4.93. The highest BCUT2D eigenvalue weighted by molar-refractivity contribution is 7.90. The Morgan fingerprint density at radius 3 is 2.25 bits per heavy atom. The molecular formula is C16H25NO2S. The van der Waals surface area contributed by atoms with Crippen LogP contribution in [0.15, 0.2) is 18.2 Å². The van der Waals surface area contributed by atoms with Crippen LogP contribution in [0.5, 0.6) is 0 Å². The van der Waals surface area contributed by atoms with Gasteiger partial charge in [0, 0.05) is 6.04 Å². The van der Waals surface area contributed by atoms with E-state index in [1.165, 1.54) is 12.8 Å². The first kappa shape index (κ1) is 15.5. The van der Waals surface area contributed by atoms with Crippen LogP contribution in [0.3, 0.4) is 0 Å². The van der Waals surface area contributed by atoms with Gasteiger partial charge in [0.15, 0.2) is 9.84 Å². The van der Waals surface area contributed by atoms with E-state index in [1.54, 1.807) is 0 Å². The zero-order valence-corrected chi connectivity index (χ0v) is 13.2. The van der Waals surface area contributed by atoms with Crippen LogP contribution in [0.2, 0.25) is 0 Å². The number of benzene rings is 1. The van der Waals surface area contributed by atoms with Crippen molar-refractivity contribution < 1.29 is 8.42 Å². The minimum absolute atomic E-state index is 0.107. The van der Waals surface area contributed by atoms with Gasteiger partial charge in [0.2, 0.25) is 0 Å². The maximum Gasteiger partial charge on any atom is 0.155 e. The van der Waals surface area contributed by atoms with E-state index < -0.39 is 9.84 Å². The Kier molecular flexibility index (Phi) is 4.86. The molecule has 1 unspecified atom stereocenters. The lowest BCUT2D eigenvalue weighted by atomic mass is 10.0. The van der Waals surface area contributed by atoms with Gasteiger partial charge in [-0.2, -0.15) is 0 Å². The van der Waals surface area contributed by atoms with Gasteiger partial charge in [-0.15, -0.1) is 0 Å². The Labute approximate surface area is 122 Å². The van der Waals surface area contributed by atoms with Crippen LogP contribution in [0.1, 0.15) is 42.4 Å². The third-order valence-corrected chi connectivity index (χ3v) is 5.79. The van der Waals surface area contributed by atoms with E-state index in [0.29, 0.717) is 5.92 Å². The largest absolute Gasteiger partial charge is 0.327 e. The van der Waals surface area contributed by atoms with Gasteiger partial charge < -0.3 is 5.73 Å². The molecule has 0 amide bonds. The van der Waals surface area contributed by atoms with Crippen molar-refractivity contribution in [1.82, 2.24) is 0 Å². The van der Waals surface area contributed by atoms with E-state index in [4.69, 9.17) is 5.73 Å². The van der Waals surface area contributed by atoms with Crippen LogP contribution in [-0.4, -0.2) is 20.2 Å². The quantitative estimate of drug-likeness (QED) is 0.908. The summed E-state index contributed by atoms with van der Waals surface area (Å²) in [4.78, 5) is 0. The van der Waals surface area contributed by atoms with Crippen molar-refractivity contribution in [2.24, 2.45) is 11.7 Å². The summed E-state index contributed by atoms with van der Waals surface area (Å²) in [5, 5.41) is 0. The average Bonchev–Trinajstić information content (AvgIpc) is 2.78. The van der Waals surface area contributed by atoms with Gasteiger partial charge in [-0.3, -0.25) is 0 Å². The van der Waals surface area contributed by atoms with Gasteiger partial charge in [0.1, 0.15) is 0 Å². The predicted molar refractivity (Wildman–Crippen MR) is 83.3 cm³/mol.